The quantitative estimate of drug-likeness (QED) is 0.675. The molecule has 0 aliphatic heterocycles. The van der Waals surface area contributed by atoms with Gasteiger partial charge in [-0.05, 0) is 38.1 Å². The van der Waals surface area contributed by atoms with E-state index in [1.54, 1.807) is 6.33 Å². The Hall–Kier alpha value is -0.900. The van der Waals surface area contributed by atoms with Crippen LogP contribution in [-0.2, 0) is 13.0 Å². The maximum atomic E-state index is 4.41. The van der Waals surface area contributed by atoms with E-state index in [9.17, 15) is 0 Å². The van der Waals surface area contributed by atoms with E-state index >= 15 is 0 Å². The van der Waals surface area contributed by atoms with Gasteiger partial charge in [-0.3, -0.25) is 0 Å². The molecule has 0 aliphatic carbocycles. The predicted octanol–water partition coefficient (Wildman–Crippen LogP) is 3.43. The topological polar surface area (TPSA) is 42.7 Å². The largest absolute Gasteiger partial charge is 0.314 e. The number of aryl methyl sites for hydroxylation is 1. The Labute approximate surface area is 124 Å². The van der Waals surface area contributed by atoms with Crippen molar-refractivity contribution in [1.29, 1.82) is 0 Å². The minimum atomic E-state index is 0.620. The summed E-state index contributed by atoms with van der Waals surface area (Å²) in [6.07, 6.45) is 8.91. The van der Waals surface area contributed by atoms with Gasteiger partial charge in [0.1, 0.15) is 12.2 Å². The second kappa shape index (κ2) is 9.92. The van der Waals surface area contributed by atoms with Gasteiger partial charge in [0.15, 0.2) is 0 Å². The van der Waals surface area contributed by atoms with Crippen molar-refractivity contribution >= 4 is 0 Å². The number of rotatable bonds is 11. The molecule has 116 valence electrons. The third-order valence-electron chi connectivity index (χ3n) is 3.51. The van der Waals surface area contributed by atoms with Gasteiger partial charge < -0.3 is 5.32 Å². The molecule has 0 aliphatic rings. The van der Waals surface area contributed by atoms with E-state index in [-0.39, 0.29) is 0 Å². The molecule has 1 heterocycles. The van der Waals surface area contributed by atoms with Crippen LogP contribution in [0.15, 0.2) is 6.33 Å². The summed E-state index contributed by atoms with van der Waals surface area (Å²) < 4.78 is 2.07. The molecule has 0 fully saturated rings. The summed E-state index contributed by atoms with van der Waals surface area (Å²) in [6, 6.07) is 0.668. The van der Waals surface area contributed by atoms with Gasteiger partial charge in [-0.15, -0.1) is 0 Å². The van der Waals surface area contributed by atoms with Gasteiger partial charge in [0.25, 0.3) is 0 Å². The summed E-state index contributed by atoms with van der Waals surface area (Å²) in [4.78, 5) is 4.41. The molecule has 4 nitrogen and oxygen atoms in total. The number of aromatic nitrogens is 3. The van der Waals surface area contributed by atoms with Crippen molar-refractivity contribution in [2.24, 2.45) is 5.92 Å². The minimum Gasteiger partial charge on any atom is -0.314 e. The van der Waals surface area contributed by atoms with E-state index in [2.05, 4.69) is 47.8 Å². The lowest BCUT2D eigenvalue weighted by Gasteiger charge is -2.17. The zero-order valence-electron chi connectivity index (χ0n) is 13.7. The summed E-state index contributed by atoms with van der Waals surface area (Å²) in [5.41, 5.74) is 0. The summed E-state index contributed by atoms with van der Waals surface area (Å²) in [5.74, 6) is 1.76. The number of hydrogen-bond acceptors (Lipinski definition) is 3. The zero-order chi connectivity index (χ0) is 14.8. The standard InChI is InChI=1S/C16H32N4/c1-5-8-15(17-11-6-2)9-7-10-16-18-13-19-20(16)12-14(3)4/h13-15,17H,5-12H2,1-4H3. The van der Waals surface area contributed by atoms with Crippen molar-refractivity contribution in [2.75, 3.05) is 6.54 Å². The van der Waals surface area contributed by atoms with Crippen molar-refractivity contribution in [2.45, 2.75) is 78.8 Å². The molecular formula is C16H32N4. The minimum absolute atomic E-state index is 0.620. The molecule has 0 saturated carbocycles. The Bertz CT molecular complexity index is 346. The summed E-state index contributed by atoms with van der Waals surface area (Å²) in [6.45, 7) is 11.0. The molecule has 0 saturated heterocycles. The van der Waals surface area contributed by atoms with Gasteiger partial charge in [0.2, 0.25) is 0 Å². The Balaban J connectivity index is 2.36. The lowest BCUT2D eigenvalue weighted by atomic mass is 10.0. The number of hydrogen-bond donors (Lipinski definition) is 1. The molecule has 20 heavy (non-hydrogen) atoms. The molecule has 1 atom stereocenters. The van der Waals surface area contributed by atoms with E-state index in [0.717, 1.165) is 25.3 Å². The van der Waals surface area contributed by atoms with Gasteiger partial charge in [-0.25, -0.2) is 9.67 Å². The smallest absolute Gasteiger partial charge is 0.138 e. The average molecular weight is 280 g/mol. The van der Waals surface area contributed by atoms with Gasteiger partial charge in [-0.1, -0.05) is 34.1 Å². The summed E-state index contributed by atoms with van der Waals surface area (Å²) in [5, 5.41) is 7.98. The highest BCUT2D eigenvalue weighted by molar-refractivity contribution is 4.85. The van der Waals surface area contributed by atoms with Crippen LogP contribution in [0.25, 0.3) is 0 Å². The van der Waals surface area contributed by atoms with Crippen LogP contribution < -0.4 is 5.32 Å². The molecule has 1 N–H and O–H groups in total. The molecule has 1 aromatic rings. The molecule has 0 aromatic carbocycles. The predicted molar refractivity (Wildman–Crippen MR) is 84.8 cm³/mol. The highest BCUT2D eigenvalue weighted by atomic mass is 15.3. The van der Waals surface area contributed by atoms with Gasteiger partial charge in [-0.2, -0.15) is 5.10 Å². The maximum absolute atomic E-state index is 4.41. The average Bonchev–Trinajstić information content (AvgIpc) is 2.82. The van der Waals surface area contributed by atoms with Crippen LogP contribution in [0.5, 0.6) is 0 Å². The van der Waals surface area contributed by atoms with E-state index in [1.165, 1.54) is 32.1 Å². The van der Waals surface area contributed by atoms with Gasteiger partial charge in [0, 0.05) is 19.0 Å². The number of nitrogens with zero attached hydrogens (tertiary/aromatic N) is 3. The molecule has 4 heteroatoms. The van der Waals surface area contributed by atoms with Crippen LogP contribution in [-0.4, -0.2) is 27.4 Å². The summed E-state index contributed by atoms with van der Waals surface area (Å²) in [7, 11) is 0. The molecule has 1 unspecified atom stereocenters. The molecule has 1 aromatic heterocycles. The lowest BCUT2D eigenvalue weighted by molar-refractivity contribution is 0.426. The maximum Gasteiger partial charge on any atom is 0.138 e. The normalized spacial score (nSPS) is 13.1. The fourth-order valence-corrected chi connectivity index (χ4v) is 2.53. The van der Waals surface area contributed by atoms with Crippen molar-refractivity contribution in [1.82, 2.24) is 20.1 Å². The molecule has 0 radical (unpaired) electrons. The van der Waals surface area contributed by atoms with Crippen molar-refractivity contribution in [3.8, 4) is 0 Å². The van der Waals surface area contributed by atoms with E-state index < -0.39 is 0 Å². The van der Waals surface area contributed by atoms with E-state index in [1.807, 2.05) is 0 Å². The Morgan fingerprint density at radius 2 is 2.00 bits per heavy atom. The number of nitrogens with one attached hydrogen (secondary N) is 1. The zero-order valence-corrected chi connectivity index (χ0v) is 13.7. The van der Waals surface area contributed by atoms with Gasteiger partial charge in [0.05, 0.1) is 0 Å². The van der Waals surface area contributed by atoms with Crippen LogP contribution in [0.4, 0.5) is 0 Å². The van der Waals surface area contributed by atoms with Crippen LogP contribution >= 0.6 is 0 Å². The van der Waals surface area contributed by atoms with E-state index in [4.69, 9.17) is 0 Å². The summed E-state index contributed by atoms with van der Waals surface area (Å²) >= 11 is 0. The van der Waals surface area contributed by atoms with Crippen LogP contribution in [0.2, 0.25) is 0 Å². The molecule has 1 rings (SSSR count). The van der Waals surface area contributed by atoms with E-state index in [0.29, 0.717) is 12.0 Å². The molecule has 0 amide bonds. The molecular weight excluding hydrogens is 248 g/mol. The molecule has 0 spiro atoms. The Kier molecular flexibility index (Phi) is 8.51. The lowest BCUT2D eigenvalue weighted by Crippen LogP contribution is -2.29. The first-order valence-corrected chi connectivity index (χ1v) is 8.27. The first kappa shape index (κ1) is 17.2. The van der Waals surface area contributed by atoms with Crippen molar-refractivity contribution in [3.05, 3.63) is 12.2 Å². The highest BCUT2D eigenvalue weighted by Crippen LogP contribution is 2.09. The van der Waals surface area contributed by atoms with Crippen LogP contribution in [0, 0.1) is 5.92 Å². The monoisotopic (exact) mass is 280 g/mol. The first-order chi connectivity index (χ1) is 9.67. The second-order valence-electron chi connectivity index (χ2n) is 6.08. The Morgan fingerprint density at radius 1 is 1.20 bits per heavy atom. The highest BCUT2D eigenvalue weighted by Gasteiger charge is 2.09. The van der Waals surface area contributed by atoms with Crippen molar-refractivity contribution in [3.63, 3.8) is 0 Å². The second-order valence-corrected chi connectivity index (χ2v) is 6.08. The SMILES string of the molecule is CCCNC(CCC)CCCc1ncnn1CC(C)C. The first-order valence-electron chi connectivity index (χ1n) is 8.27. The van der Waals surface area contributed by atoms with Gasteiger partial charge >= 0.3 is 0 Å². The van der Waals surface area contributed by atoms with Crippen LogP contribution in [0.1, 0.15) is 65.6 Å². The fraction of sp³-hybridized carbons (Fsp3) is 0.875. The fourth-order valence-electron chi connectivity index (χ4n) is 2.53. The third-order valence-corrected chi connectivity index (χ3v) is 3.51. The van der Waals surface area contributed by atoms with Crippen molar-refractivity contribution < 1.29 is 0 Å². The third kappa shape index (κ3) is 6.51. The van der Waals surface area contributed by atoms with Crippen LogP contribution in [0.3, 0.4) is 0 Å². The molecule has 0 bridgehead atoms. The Morgan fingerprint density at radius 3 is 2.65 bits per heavy atom.